The van der Waals surface area contributed by atoms with Crippen molar-refractivity contribution in [1.82, 2.24) is 5.32 Å². The molecule has 0 bridgehead atoms. The van der Waals surface area contributed by atoms with Crippen LogP contribution in [0.5, 0.6) is 5.75 Å². The second-order valence-electron chi connectivity index (χ2n) is 5.85. The Bertz CT molecular complexity index is 713. The first-order chi connectivity index (χ1) is 10.9. The minimum Gasteiger partial charge on any atom is -0.484 e. The number of carbonyl (C=O) groups is 1. The Morgan fingerprint density at radius 3 is 2.57 bits per heavy atom. The highest BCUT2D eigenvalue weighted by Crippen LogP contribution is 2.22. The topological polar surface area (TPSA) is 38.3 Å². The molecule has 0 heterocycles. The van der Waals surface area contributed by atoms with Crippen LogP contribution in [-0.2, 0) is 4.79 Å². The van der Waals surface area contributed by atoms with E-state index in [1.807, 2.05) is 32.0 Å². The molecule has 2 rings (SSSR count). The summed E-state index contributed by atoms with van der Waals surface area (Å²) in [6.07, 6.45) is 0. The first-order valence-corrected chi connectivity index (χ1v) is 8.41. The van der Waals surface area contributed by atoms with Crippen LogP contribution in [0, 0.1) is 20.8 Å². The Hall–Kier alpha value is -1.81. The summed E-state index contributed by atoms with van der Waals surface area (Å²) in [5, 5.41) is 2.99. The van der Waals surface area contributed by atoms with E-state index in [-0.39, 0.29) is 18.6 Å². The molecule has 0 fully saturated rings. The van der Waals surface area contributed by atoms with Gasteiger partial charge in [0.2, 0.25) is 0 Å². The Labute approximate surface area is 146 Å². The van der Waals surface area contributed by atoms with Crippen LogP contribution in [0.2, 0.25) is 0 Å². The van der Waals surface area contributed by atoms with Crippen molar-refractivity contribution in [3.8, 4) is 5.75 Å². The quantitative estimate of drug-likeness (QED) is 0.826. The maximum absolute atomic E-state index is 12.1. The lowest BCUT2D eigenvalue weighted by Crippen LogP contribution is -2.31. The van der Waals surface area contributed by atoms with Gasteiger partial charge in [-0.25, -0.2) is 0 Å². The summed E-state index contributed by atoms with van der Waals surface area (Å²) in [5.41, 5.74) is 4.57. The third kappa shape index (κ3) is 4.83. The molecular formula is C19H22BrNO2. The standard InChI is InChI=1S/C19H22BrNO2/c1-12-5-6-13(2)17(9-12)15(4)21-19(22)11-23-16-7-8-18(20)14(3)10-16/h5-10,15H,11H2,1-4H3,(H,21,22)/t15-/m1/s1. The lowest BCUT2D eigenvalue weighted by atomic mass is 10.00. The van der Waals surface area contributed by atoms with Crippen LogP contribution >= 0.6 is 15.9 Å². The van der Waals surface area contributed by atoms with E-state index in [2.05, 4.69) is 53.3 Å². The number of rotatable bonds is 5. The summed E-state index contributed by atoms with van der Waals surface area (Å²) in [6, 6.07) is 11.9. The van der Waals surface area contributed by atoms with Crippen molar-refractivity contribution in [1.29, 1.82) is 0 Å². The van der Waals surface area contributed by atoms with Crippen molar-refractivity contribution in [3.05, 3.63) is 63.1 Å². The van der Waals surface area contributed by atoms with Gasteiger partial charge >= 0.3 is 0 Å². The molecule has 1 atom stereocenters. The van der Waals surface area contributed by atoms with E-state index in [1.54, 1.807) is 0 Å². The Morgan fingerprint density at radius 2 is 1.87 bits per heavy atom. The van der Waals surface area contributed by atoms with E-state index >= 15 is 0 Å². The highest BCUT2D eigenvalue weighted by Gasteiger charge is 2.12. The average Bonchev–Trinajstić information content (AvgIpc) is 2.50. The van der Waals surface area contributed by atoms with Crippen molar-refractivity contribution in [3.63, 3.8) is 0 Å². The second kappa shape index (κ2) is 7.64. The zero-order valence-corrected chi connectivity index (χ0v) is 15.5. The van der Waals surface area contributed by atoms with Crippen LogP contribution < -0.4 is 10.1 Å². The molecule has 1 N–H and O–H groups in total. The van der Waals surface area contributed by atoms with Crippen LogP contribution in [0.4, 0.5) is 0 Å². The van der Waals surface area contributed by atoms with E-state index in [4.69, 9.17) is 4.74 Å². The number of hydrogen-bond donors (Lipinski definition) is 1. The first kappa shape index (κ1) is 17.5. The molecule has 0 spiro atoms. The fourth-order valence-corrected chi connectivity index (χ4v) is 2.69. The molecule has 0 radical (unpaired) electrons. The molecular weight excluding hydrogens is 354 g/mol. The summed E-state index contributed by atoms with van der Waals surface area (Å²) in [4.78, 5) is 12.1. The number of carbonyl (C=O) groups excluding carboxylic acids is 1. The Balaban J connectivity index is 1.93. The van der Waals surface area contributed by atoms with E-state index < -0.39 is 0 Å². The van der Waals surface area contributed by atoms with Gasteiger partial charge < -0.3 is 10.1 Å². The van der Waals surface area contributed by atoms with E-state index in [1.165, 1.54) is 11.1 Å². The minimum atomic E-state index is -0.126. The van der Waals surface area contributed by atoms with Crippen LogP contribution in [0.15, 0.2) is 40.9 Å². The normalized spacial score (nSPS) is 11.9. The van der Waals surface area contributed by atoms with Crippen LogP contribution in [0.1, 0.15) is 35.2 Å². The lowest BCUT2D eigenvalue weighted by molar-refractivity contribution is -0.123. The highest BCUT2D eigenvalue weighted by atomic mass is 79.9. The van der Waals surface area contributed by atoms with Crippen LogP contribution in [-0.4, -0.2) is 12.5 Å². The number of nitrogens with one attached hydrogen (secondary N) is 1. The predicted octanol–water partition coefficient (Wildman–Crippen LogP) is 4.63. The summed E-state index contributed by atoms with van der Waals surface area (Å²) < 4.78 is 6.59. The van der Waals surface area contributed by atoms with E-state index in [0.29, 0.717) is 5.75 Å². The minimum absolute atomic E-state index is 0.0102. The van der Waals surface area contributed by atoms with Gasteiger partial charge in [0, 0.05) is 4.47 Å². The summed E-state index contributed by atoms with van der Waals surface area (Å²) in [6.45, 7) is 8.09. The molecule has 0 aliphatic heterocycles. The van der Waals surface area contributed by atoms with E-state index in [9.17, 15) is 4.79 Å². The largest absolute Gasteiger partial charge is 0.484 e. The van der Waals surface area contributed by atoms with Crippen LogP contribution in [0.3, 0.4) is 0 Å². The van der Waals surface area contributed by atoms with Gasteiger partial charge in [-0.15, -0.1) is 0 Å². The van der Waals surface area contributed by atoms with E-state index in [0.717, 1.165) is 15.6 Å². The maximum atomic E-state index is 12.1. The van der Waals surface area contributed by atoms with Gasteiger partial charge in [-0.05, 0) is 62.6 Å². The fourth-order valence-electron chi connectivity index (χ4n) is 2.44. The third-order valence-electron chi connectivity index (χ3n) is 3.78. The molecule has 4 heteroatoms. The first-order valence-electron chi connectivity index (χ1n) is 7.62. The molecule has 0 saturated carbocycles. The third-order valence-corrected chi connectivity index (χ3v) is 4.67. The highest BCUT2D eigenvalue weighted by molar-refractivity contribution is 9.10. The Kier molecular flexibility index (Phi) is 5.83. The van der Waals surface area contributed by atoms with Crippen molar-refractivity contribution < 1.29 is 9.53 Å². The number of hydrogen-bond acceptors (Lipinski definition) is 2. The van der Waals surface area contributed by atoms with Crippen molar-refractivity contribution in [2.45, 2.75) is 33.7 Å². The van der Waals surface area contributed by atoms with Gasteiger partial charge in [0.1, 0.15) is 5.75 Å². The molecule has 2 aromatic rings. The number of amides is 1. The van der Waals surface area contributed by atoms with Gasteiger partial charge in [-0.2, -0.15) is 0 Å². The number of aryl methyl sites for hydroxylation is 3. The molecule has 23 heavy (non-hydrogen) atoms. The summed E-state index contributed by atoms with van der Waals surface area (Å²) >= 11 is 3.45. The summed E-state index contributed by atoms with van der Waals surface area (Å²) in [5.74, 6) is 0.569. The molecule has 1 amide bonds. The second-order valence-corrected chi connectivity index (χ2v) is 6.70. The SMILES string of the molecule is Cc1ccc(C)c([C@@H](C)NC(=O)COc2ccc(Br)c(C)c2)c1. The molecule has 0 aliphatic carbocycles. The predicted molar refractivity (Wildman–Crippen MR) is 96.8 cm³/mol. The zero-order valence-electron chi connectivity index (χ0n) is 13.9. The fraction of sp³-hybridized carbons (Fsp3) is 0.316. The van der Waals surface area contributed by atoms with Gasteiger partial charge in [0.25, 0.3) is 5.91 Å². The lowest BCUT2D eigenvalue weighted by Gasteiger charge is -2.17. The van der Waals surface area contributed by atoms with Gasteiger partial charge in [0.05, 0.1) is 6.04 Å². The van der Waals surface area contributed by atoms with Crippen molar-refractivity contribution in [2.75, 3.05) is 6.61 Å². The van der Waals surface area contributed by atoms with Crippen molar-refractivity contribution in [2.24, 2.45) is 0 Å². The van der Waals surface area contributed by atoms with Crippen molar-refractivity contribution >= 4 is 21.8 Å². The molecule has 0 unspecified atom stereocenters. The van der Waals surface area contributed by atoms with Crippen LogP contribution in [0.25, 0.3) is 0 Å². The van der Waals surface area contributed by atoms with Gasteiger partial charge in [-0.1, -0.05) is 39.7 Å². The molecule has 0 aliphatic rings. The number of ether oxygens (including phenoxy) is 1. The number of halogens is 1. The maximum Gasteiger partial charge on any atom is 0.258 e. The van der Waals surface area contributed by atoms with Gasteiger partial charge in [0.15, 0.2) is 6.61 Å². The average molecular weight is 376 g/mol. The molecule has 0 saturated heterocycles. The zero-order chi connectivity index (χ0) is 17.0. The molecule has 3 nitrogen and oxygen atoms in total. The number of benzene rings is 2. The molecule has 2 aromatic carbocycles. The molecule has 0 aromatic heterocycles. The monoisotopic (exact) mass is 375 g/mol. The summed E-state index contributed by atoms with van der Waals surface area (Å²) in [7, 11) is 0. The van der Waals surface area contributed by atoms with Gasteiger partial charge in [-0.3, -0.25) is 4.79 Å². The smallest absolute Gasteiger partial charge is 0.258 e. The molecule has 122 valence electrons. The Morgan fingerprint density at radius 1 is 1.13 bits per heavy atom.